The number of fused-ring (bicyclic) bond motifs is 5. The van der Waals surface area contributed by atoms with Crippen molar-refractivity contribution in [1.82, 2.24) is 39.5 Å². The van der Waals surface area contributed by atoms with Gasteiger partial charge in [0.15, 0.2) is 17.4 Å². The van der Waals surface area contributed by atoms with Crippen LogP contribution in [-0.4, -0.2) is 50.3 Å². The van der Waals surface area contributed by atoms with E-state index in [0.717, 1.165) is 84.3 Å². The van der Waals surface area contributed by atoms with Gasteiger partial charge < -0.3 is 29.5 Å². The number of aromatic nitrogens is 8. The van der Waals surface area contributed by atoms with Crippen molar-refractivity contribution in [3.05, 3.63) is 378 Å². The largest absolute Gasteiger partial charge is 0.512 e. The van der Waals surface area contributed by atoms with Crippen molar-refractivity contribution in [1.29, 1.82) is 0 Å². The van der Waals surface area contributed by atoms with Crippen LogP contribution >= 0.6 is 0 Å². The molecule has 0 bridgehead atoms. The van der Waals surface area contributed by atoms with Crippen molar-refractivity contribution in [2.24, 2.45) is 0 Å². The monoisotopic (exact) mass is 2100 g/mol. The molecule has 0 unspecified atom stereocenters. The summed E-state index contributed by atoms with van der Waals surface area (Å²) in [5, 5.41) is 12.2. The molecule has 1 N–H and O–H groups in total. The maximum atomic E-state index is 10.0. The zero-order chi connectivity index (χ0) is 78.6. The number of para-hydroxylation sites is 3. The average molecular weight is 2100 g/mol. The zero-order valence-corrected chi connectivity index (χ0v) is 73.4. The van der Waals surface area contributed by atoms with Crippen LogP contribution in [0.3, 0.4) is 0 Å². The Balaban J connectivity index is 0.000000174. The normalized spacial score (nSPS) is 12.7. The van der Waals surface area contributed by atoms with Gasteiger partial charge in [-0.05, 0) is 137 Å². The topological polar surface area (TPSA) is 136 Å². The predicted octanol–water partition coefficient (Wildman–Crippen LogP) is 26.6. The van der Waals surface area contributed by atoms with Crippen LogP contribution in [0.1, 0.15) is 122 Å². The van der Waals surface area contributed by atoms with Gasteiger partial charge in [-0.25, -0.2) is 15.0 Å². The van der Waals surface area contributed by atoms with E-state index >= 15 is 0 Å². The van der Waals surface area contributed by atoms with Crippen LogP contribution in [0.5, 0.6) is 0 Å². The standard InChI is InChI=1S/C46H34N4.C28H21N4.C24H18N.C5H8O2.3CH4.3Ir/c1-45(2)36-19-11-17-34-35-18-12-20-37-43(35)50(42(34)36)44-38(45)27-33(28-39(44)46(37,3)4)49(31-15-9-13-29(25-31)40-21-5-7-23-47-40)32-16-10-14-30(26-32)41-22-6-8-24-48-41;1-19-6-10-22(11-7-19)26-30-27(23-12-8-20(2)9-13-23)32-28(31-26)24-16-14-21(15-17-24)25-5-3-4-18-29-25;1-24(2)20-9-5-4-8-18(20)19-13-11-17(15-21(19)24)23-14-12-16-7-3-6-10-22(16)25-23;1-4(6)3-5(2)7;;;;;;/h5-24,27-28H,1-4H3;3-14,16-18H,1-2H3;3-10,12-15H,1-2H3;3,6H,1-2H3;3*1H4;;;/q-2;2*-1;;;;;;;. The fraction of sp³-hybridized carbons (Fsp3) is 0.151. The van der Waals surface area contributed by atoms with Crippen molar-refractivity contribution in [2.75, 3.05) is 4.90 Å². The third-order valence-corrected chi connectivity index (χ3v) is 22.1. The van der Waals surface area contributed by atoms with Crippen molar-refractivity contribution in [3.8, 4) is 96.0 Å². The van der Waals surface area contributed by atoms with E-state index in [1.807, 2.05) is 122 Å². The van der Waals surface area contributed by atoms with Crippen LogP contribution in [0, 0.1) is 38.1 Å². The number of aryl methyl sites for hydroxylation is 2. The summed E-state index contributed by atoms with van der Waals surface area (Å²) in [5.41, 5.74) is 30.9. The number of carbonyl (C=O) groups excluding carboxylic acids is 1. The molecule has 0 amide bonds. The third-order valence-electron chi connectivity index (χ3n) is 22.1. The molecule has 120 heavy (non-hydrogen) atoms. The van der Waals surface area contributed by atoms with Crippen LogP contribution in [0.4, 0.5) is 17.1 Å². The number of anilines is 3. The van der Waals surface area contributed by atoms with Gasteiger partial charge in [0.05, 0.1) is 28.0 Å². The minimum atomic E-state index is -0.248. The van der Waals surface area contributed by atoms with E-state index in [1.54, 1.807) is 6.20 Å². The summed E-state index contributed by atoms with van der Waals surface area (Å²) < 4.78 is 2.58. The molecule has 2 aliphatic heterocycles. The quantitative estimate of drug-likeness (QED) is 0.0757. The number of aliphatic hydroxyl groups excluding tert-OH is 1. The molecule has 0 spiro atoms. The predicted molar refractivity (Wildman–Crippen MR) is 482 cm³/mol. The Morgan fingerprint density at radius 1 is 0.400 bits per heavy atom. The number of rotatable bonds is 11. The third kappa shape index (κ3) is 17.0. The summed E-state index contributed by atoms with van der Waals surface area (Å²) in [6.07, 6.45) is 6.62. The van der Waals surface area contributed by atoms with Gasteiger partial charge in [-0.2, -0.15) is 0 Å². The summed E-state index contributed by atoms with van der Waals surface area (Å²) in [6, 6.07) is 111. The first kappa shape index (κ1) is 88.8. The minimum Gasteiger partial charge on any atom is -0.512 e. The first-order chi connectivity index (χ1) is 55.2. The summed E-state index contributed by atoms with van der Waals surface area (Å²) in [5.74, 6) is 1.86. The number of ketones is 1. The van der Waals surface area contributed by atoms with Crippen LogP contribution in [0.15, 0.2) is 309 Å². The molecule has 1 aliphatic carbocycles. The molecule has 8 heterocycles. The Kier molecular flexibility index (Phi) is 27.2. The van der Waals surface area contributed by atoms with Crippen LogP contribution in [0.25, 0.3) is 129 Å². The Hall–Kier alpha value is -12.0. The first-order valence-corrected chi connectivity index (χ1v) is 38.4. The molecule has 20 rings (SSSR count). The van der Waals surface area contributed by atoms with Crippen LogP contribution < -0.4 is 4.90 Å². The molecule has 11 nitrogen and oxygen atoms in total. The summed E-state index contributed by atoms with van der Waals surface area (Å²) in [4.78, 5) is 45.3. The summed E-state index contributed by atoms with van der Waals surface area (Å²) in [6.45, 7) is 21.1. The second-order valence-electron chi connectivity index (χ2n) is 30.9. The van der Waals surface area contributed by atoms with Crippen LogP contribution in [0.2, 0.25) is 0 Å². The van der Waals surface area contributed by atoms with Gasteiger partial charge in [0.1, 0.15) is 5.82 Å². The van der Waals surface area contributed by atoms with Crippen molar-refractivity contribution in [3.63, 3.8) is 0 Å². The molecule has 0 saturated carbocycles. The molecule has 0 atom stereocenters. The summed E-state index contributed by atoms with van der Waals surface area (Å²) in [7, 11) is 0. The van der Waals surface area contributed by atoms with Gasteiger partial charge in [-0.3, -0.25) is 9.78 Å². The Bertz CT molecular complexity index is 6340. The SMILES string of the molecule is C.C.C.CC(=O)C=C(C)O.CC1(C)c2cc(N(c3[c-]c(-c4ccccn4)ccc3)c3[c-]c(-c4ccccn4)ccc3)cc3c2-n2c4c1cccc4c1cccc(c12)C3(C)C.CC1(C)c2ccccc2-c2c[c-]c(-c3ccc4ccccc4n3)cc21.Cc1ccc(-c2nc(-c3c[c-]c(-c4ccccn4)cc3)nc(-c3ccc(C)cc3)n2)cc1.[Ir].[Ir].[Ir]. The fourth-order valence-corrected chi connectivity index (χ4v) is 16.2. The van der Waals surface area contributed by atoms with Gasteiger partial charge in [-0.15, -0.1) is 119 Å². The Morgan fingerprint density at radius 3 is 1.33 bits per heavy atom. The Morgan fingerprint density at radius 2 is 0.850 bits per heavy atom. The minimum absolute atomic E-state index is 0. The second-order valence-corrected chi connectivity index (χ2v) is 30.9. The van der Waals surface area contributed by atoms with Crippen molar-refractivity contribution in [2.45, 2.75) is 108 Å². The molecule has 11 aromatic carbocycles. The van der Waals surface area contributed by atoms with Crippen molar-refractivity contribution >= 4 is 55.6 Å². The Labute approximate surface area is 746 Å². The fourth-order valence-electron chi connectivity index (χ4n) is 16.2. The first-order valence-electron chi connectivity index (χ1n) is 38.4. The molecule has 3 radical (unpaired) electrons. The van der Waals surface area contributed by atoms with E-state index in [0.29, 0.717) is 17.5 Å². The van der Waals surface area contributed by atoms with Gasteiger partial charge in [0.25, 0.3) is 0 Å². The van der Waals surface area contributed by atoms with E-state index in [4.69, 9.17) is 25.0 Å². The average Bonchev–Trinajstić information content (AvgIpc) is 1.46. The molecular weight excluding hydrogens is 2010 g/mol. The smallest absolute Gasteiger partial charge is 0.163 e. The molecule has 0 fully saturated rings. The number of pyridine rings is 4. The van der Waals surface area contributed by atoms with Gasteiger partial charge in [-0.1, -0.05) is 268 Å². The van der Waals surface area contributed by atoms with Gasteiger partial charge in [0, 0.05) is 123 Å². The van der Waals surface area contributed by atoms with Gasteiger partial charge in [0.2, 0.25) is 0 Å². The number of carbonyl (C=O) groups is 1. The molecule has 3 aliphatic rings. The number of hydrogen-bond acceptors (Lipinski definition) is 10. The molecular formula is C106H93Ir3N9O2-4. The maximum Gasteiger partial charge on any atom is 0.163 e. The number of nitrogens with zero attached hydrogens (tertiary/aromatic N) is 9. The number of hydrogen-bond donors (Lipinski definition) is 1. The molecule has 0 saturated heterocycles. The summed E-state index contributed by atoms with van der Waals surface area (Å²) >= 11 is 0. The van der Waals surface area contributed by atoms with E-state index < -0.39 is 0 Å². The number of aliphatic hydroxyl groups is 1. The van der Waals surface area contributed by atoms with E-state index in [1.165, 1.54) is 108 Å². The number of benzene rings is 11. The zero-order valence-electron chi connectivity index (χ0n) is 66.2. The van der Waals surface area contributed by atoms with E-state index in [-0.39, 0.29) is 110 Å². The molecule has 17 aromatic rings. The van der Waals surface area contributed by atoms with E-state index in [2.05, 4.69) is 274 Å². The second kappa shape index (κ2) is 36.7. The number of allylic oxidation sites excluding steroid dienone is 2. The molecule has 6 aromatic heterocycles. The van der Waals surface area contributed by atoms with E-state index in [9.17, 15) is 4.79 Å². The van der Waals surface area contributed by atoms with Gasteiger partial charge >= 0.3 is 0 Å². The maximum absolute atomic E-state index is 10.0. The molecule has 14 heteroatoms. The van der Waals surface area contributed by atoms with Crippen LogP contribution in [-0.2, 0) is 81.4 Å². The van der Waals surface area contributed by atoms with Crippen molar-refractivity contribution < 1.29 is 70.2 Å². The molecule has 605 valence electrons.